The summed E-state index contributed by atoms with van der Waals surface area (Å²) in [5, 5.41) is -0.819. The summed E-state index contributed by atoms with van der Waals surface area (Å²) in [5.74, 6) is -1.48. The van der Waals surface area contributed by atoms with Crippen molar-refractivity contribution in [2.75, 3.05) is 0 Å². The second kappa shape index (κ2) is 13.7. The van der Waals surface area contributed by atoms with Gasteiger partial charge in [-0.2, -0.15) is 0 Å². The number of ether oxygens (including phenoxy) is 2. The summed E-state index contributed by atoms with van der Waals surface area (Å²) in [6.07, 6.45) is 2.37. The molecule has 0 aliphatic heterocycles. The number of carbonyl (C=O) groups excluding carboxylic acids is 2. The molecule has 0 atom stereocenters. The van der Waals surface area contributed by atoms with Crippen molar-refractivity contribution in [3.05, 3.63) is 50.2 Å². The number of carbonyl (C=O) groups is 2. The third-order valence-electron chi connectivity index (χ3n) is 4.28. The van der Waals surface area contributed by atoms with Gasteiger partial charge >= 0.3 is 11.9 Å². The predicted octanol–water partition coefficient (Wildman–Crippen LogP) is 11.1. The Morgan fingerprint density at radius 1 is 0.412 bits per heavy atom. The van der Waals surface area contributed by atoms with E-state index >= 15 is 0 Å². The molecule has 186 valence electrons. The van der Waals surface area contributed by atoms with Crippen molar-refractivity contribution < 1.29 is 19.1 Å². The number of unbranched alkanes of at least 4 members (excludes halogenated alkanes) is 3. The first-order chi connectivity index (χ1) is 15.9. The van der Waals surface area contributed by atoms with Gasteiger partial charge in [0.15, 0.2) is 11.5 Å². The lowest BCUT2D eigenvalue weighted by molar-refractivity contribution is -0.135. The summed E-state index contributed by atoms with van der Waals surface area (Å²) in [6.45, 7) is 0. The van der Waals surface area contributed by atoms with Crippen molar-refractivity contribution in [3.63, 3.8) is 0 Å². The molecule has 2 aromatic carbocycles. The van der Waals surface area contributed by atoms with Gasteiger partial charge in [0.2, 0.25) is 0 Å². The van der Waals surface area contributed by atoms with Crippen LogP contribution in [0.1, 0.15) is 38.5 Å². The Balaban J connectivity index is 1.78. The maximum atomic E-state index is 12.1. The average Bonchev–Trinajstić information content (AvgIpc) is 2.81. The smallest absolute Gasteiger partial charge is 0.311 e. The maximum absolute atomic E-state index is 12.1. The van der Waals surface area contributed by atoms with Crippen molar-refractivity contribution in [2.45, 2.75) is 38.5 Å². The van der Waals surface area contributed by atoms with Gasteiger partial charge in [-0.3, -0.25) is 9.59 Å². The normalized spacial score (nSPS) is 11.0. The van der Waals surface area contributed by atoms with Gasteiger partial charge in [-0.05, 0) is 12.8 Å². The van der Waals surface area contributed by atoms with Crippen LogP contribution in [-0.2, 0) is 9.59 Å². The third-order valence-corrected chi connectivity index (χ3v) is 8.77. The lowest BCUT2D eigenvalue weighted by atomic mass is 10.1. The maximum Gasteiger partial charge on any atom is 0.311 e. The van der Waals surface area contributed by atoms with E-state index in [4.69, 9.17) is 125 Å². The van der Waals surface area contributed by atoms with Gasteiger partial charge in [0, 0.05) is 12.8 Å². The van der Waals surface area contributed by atoms with E-state index in [0.29, 0.717) is 25.7 Å². The Labute approximate surface area is 245 Å². The number of rotatable bonds is 9. The molecule has 2 rings (SSSR count). The molecular formula is C20H12Cl10O4. The van der Waals surface area contributed by atoms with Crippen molar-refractivity contribution in [2.24, 2.45) is 0 Å². The van der Waals surface area contributed by atoms with E-state index in [1.165, 1.54) is 0 Å². The van der Waals surface area contributed by atoms with Crippen LogP contribution in [0.2, 0.25) is 50.2 Å². The lowest BCUT2D eigenvalue weighted by Crippen LogP contribution is -2.09. The molecule has 0 heterocycles. The van der Waals surface area contributed by atoms with Crippen LogP contribution >= 0.6 is 116 Å². The van der Waals surface area contributed by atoms with Crippen molar-refractivity contribution in [1.29, 1.82) is 0 Å². The second-order valence-electron chi connectivity index (χ2n) is 6.66. The van der Waals surface area contributed by atoms with Gasteiger partial charge in [-0.1, -0.05) is 129 Å². The Hall–Kier alpha value is 0.280. The standard InChI is InChI=1S/C20H12Cl10O4/c21-9-11(23)15(27)19(16(28)12(9)24)33-7(31)5-3-1-2-4-6-8(32)34-20-17(29)13(25)10(22)14(26)18(20)30/h1-6H2. The van der Waals surface area contributed by atoms with E-state index in [0.717, 1.165) is 0 Å². The molecule has 34 heavy (non-hydrogen) atoms. The fourth-order valence-corrected chi connectivity index (χ4v) is 4.97. The SMILES string of the molecule is O=C(CCCCCCC(=O)Oc1c(Cl)c(Cl)c(Cl)c(Cl)c1Cl)Oc1c(Cl)c(Cl)c(Cl)c(Cl)c1Cl. The van der Waals surface area contributed by atoms with E-state index in [-0.39, 0.29) is 74.6 Å². The topological polar surface area (TPSA) is 52.6 Å². The monoisotopic (exact) mass is 666 g/mol. The zero-order valence-electron chi connectivity index (χ0n) is 16.7. The summed E-state index contributed by atoms with van der Waals surface area (Å²) in [5.41, 5.74) is 0. The molecule has 0 saturated heterocycles. The molecule has 0 spiro atoms. The molecule has 0 unspecified atom stereocenters. The lowest BCUT2D eigenvalue weighted by Gasteiger charge is -2.12. The number of halogens is 10. The summed E-state index contributed by atoms with van der Waals surface area (Å²) in [7, 11) is 0. The number of hydrogen-bond donors (Lipinski definition) is 0. The van der Waals surface area contributed by atoms with Crippen LogP contribution in [0.5, 0.6) is 11.5 Å². The molecule has 0 aliphatic rings. The Kier molecular flexibility index (Phi) is 12.3. The van der Waals surface area contributed by atoms with Crippen LogP contribution in [0.3, 0.4) is 0 Å². The van der Waals surface area contributed by atoms with Crippen molar-refractivity contribution in [3.8, 4) is 11.5 Å². The van der Waals surface area contributed by atoms with Gasteiger partial charge in [0.05, 0.1) is 30.1 Å². The highest BCUT2D eigenvalue weighted by Gasteiger charge is 2.23. The van der Waals surface area contributed by atoms with E-state index in [2.05, 4.69) is 0 Å². The van der Waals surface area contributed by atoms with Crippen LogP contribution in [0.25, 0.3) is 0 Å². The molecule has 0 aromatic heterocycles. The molecule has 0 saturated carbocycles. The largest absolute Gasteiger partial charge is 0.423 e. The van der Waals surface area contributed by atoms with E-state index < -0.39 is 11.9 Å². The molecular weight excluding hydrogens is 659 g/mol. The van der Waals surface area contributed by atoms with Crippen LogP contribution in [0.15, 0.2) is 0 Å². The van der Waals surface area contributed by atoms with E-state index in [1.807, 2.05) is 0 Å². The molecule has 0 radical (unpaired) electrons. The van der Waals surface area contributed by atoms with Gasteiger partial charge in [-0.25, -0.2) is 0 Å². The highest BCUT2D eigenvalue weighted by molar-refractivity contribution is 6.56. The molecule has 0 bridgehead atoms. The fraction of sp³-hybridized carbons (Fsp3) is 0.300. The molecule has 0 N–H and O–H groups in total. The molecule has 0 aliphatic carbocycles. The van der Waals surface area contributed by atoms with Crippen molar-refractivity contribution in [1.82, 2.24) is 0 Å². The number of esters is 2. The molecule has 14 heteroatoms. The first-order valence-electron chi connectivity index (χ1n) is 9.32. The van der Waals surface area contributed by atoms with Crippen molar-refractivity contribution >= 4 is 128 Å². The Morgan fingerprint density at radius 3 is 0.912 bits per heavy atom. The molecule has 0 fully saturated rings. The Bertz CT molecular complexity index is 974. The first kappa shape index (κ1) is 30.5. The summed E-state index contributed by atoms with van der Waals surface area (Å²) >= 11 is 59.7. The summed E-state index contributed by atoms with van der Waals surface area (Å²) in [4.78, 5) is 24.2. The second-order valence-corrected chi connectivity index (χ2v) is 10.4. The minimum Gasteiger partial charge on any atom is -0.423 e. The highest BCUT2D eigenvalue weighted by Crippen LogP contribution is 2.49. The summed E-state index contributed by atoms with van der Waals surface area (Å²) in [6, 6.07) is 0. The van der Waals surface area contributed by atoms with E-state index in [9.17, 15) is 9.59 Å². The van der Waals surface area contributed by atoms with Crippen LogP contribution in [0.4, 0.5) is 0 Å². The quantitative estimate of drug-likeness (QED) is 0.0876. The van der Waals surface area contributed by atoms with Gasteiger partial charge in [0.1, 0.15) is 20.1 Å². The van der Waals surface area contributed by atoms with Gasteiger partial charge < -0.3 is 9.47 Å². The summed E-state index contributed by atoms with van der Waals surface area (Å²) < 4.78 is 10.4. The van der Waals surface area contributed by atoms with Crippen LogP contribution in [-0.4, -0.2) is 11.9 Å². The van der Waals surface area contributed by atoms with Crippen LogP contribution in [0, 0.1) is 0 Å². The molecule has 4 nitrogen and oxygen atoms in total. The first-order valence-corrected chi connectivity index (χ1v) is 13.1. The minimum absolute atomic E-state index is 0.0385. The zero-order valence-corrected chi connectivity index (χ0v) is 24.2. The predicted molar refractivity (Wildman–Crippen MR) is 142 cm³/mol. The highest BCUT2D eigenvalue weighted by atomic mass is 35.5. The minimum atomic E-state index is -0.585. The number of hydrogen-bond acceptors (Lipinski definition) is 4. The van der Waals surface area contributed by atoms with Gasteiger partial charge in [-0.15, -0.1) is 0 Å². The van der Waals surface area contributed by atoms with Crippen LogP contribution < -0.4 is 9.47 Å². The van der Waals surface area contributed by atoms with E-state index in [1.54, 1.807) is 0 Å². The average molecular weight is 671 g/mol. The Morgan fingerprint density at radius 2 is 0.647 bits per heavy atom. The number of benzene rings is 2. The molecule has 0 amide bonds. The molecule has 2 aromatic rings. The van der Waals surface area contributed by atoms with Gasteiger partial charge in [0.25, 0.3) is 0 Å². The fourth-order valence-electron chi connectivity index (χ4n) is 2.57. The third kappa shape index (κ3) is 7.41. The zero-order chi connectivity index (χ0) is 25.7.